The van der Waals surface area contributed by atoms with E-state index in [1.54, 1.807) is 23.5 Å². The smallest absolute Gasteiger partial charge is 0.243 e. The van der Waals surface area contributed by atoms with Crippen LogP contribution in [0.4, 0.5) is 5.69 Å². The molecule has 1 aromatic carbocycles. The van der Waals surface area contributed by atoms with E-state index in [-0.39, 0.29) is 17.9 Å². The van der Waals surface area contributed by atoms with Crippen LogP contribution < -0.4 is 20.9 Å². The first-order valence-corrected chi connectivity index (χ1v) is 14.9. The van der Waals surface area contributed by atoms with Crippen molar-refractivity contribution in [2.45, 2.75) is 50.7 Å². The van der Waals surface area contributed by atoms with E-state index in [0.717, 1.165) is 55.2 Å². The van der Waals surface area contributed by atoms with Crippen molar-refractivity contribution in [1.82, 2.24) is 16.0 Å². The van der Waals surface area contributed by atoms with Gasteiger partial charge >= 0.3 is 0 Å². The molecule has 9 heteroatoms. The van der Waals surface area contributed by atoms with Crippen molar-refractivity contribution in [1.29, 1.82) is 0 Å². The normalized spacial score (nSPS) is 22.4. The molecule has 0 aromatic heterocycles. The Balaban J connectivity index is 1.28. The van der Waals surface area contributed by atoms with Gasteiger partial charge in [0, 0.05) is 42.7 Å². The second-order valence-electron chi connectivity index (χ2n) is 9.36. The lowest BCUT2D eigenvalue weighted by Gasteiger charge is -2.29. The summed E-state index contributed by atoms with van der Waals surface area (Å²) in [5, 5.41) is 9.27. The van der Waals surface area contributed by atoms with Gasteiger partial charge in [-0.05, 0) is 42.2 Å². The average molecular weight is 507 g/mol. The topological polar surface area (TPSA) is 82.7 Å². The maximum atomic E-state index is 13.1. The van der Waals surface area contributed by atoms with Crippen molar-refractivity contribution in [2.75, 3.05) is 54.3 Å². The summed E-state index contributed by atoms with van der Waals surface area (Å²) in [6, 6.07) is 7.62. The molecule has 2 aliphatic heterocycles. The van der Waals surface area contributed by atoms with Crippen LogP contribution in [0.15, 0.2) is 24.3 Å². The minimum atomic E-state index is -0.513. The van der Waals surface area contributed by atoms with Crippen LogP contribution >= 0.6 is 23.5 Å². The summed E-state index contributed by atoms with van der Waals surface area (Å²) < 4.78 is 5.43. The fourth-order valence-corrected chi connectivity index (χ4v) is 6.90. The molecule has 0 bridgehead atoms. The molecule has 7 nitrogen and oxygen atoms in total. The van der Waals surface area contributed by atoms with E-state index in [1.807, 2.05) is 0 Å². The minimum Gasteiger partial charge on any atom is -0.378 e. The van der Waals surface area contributed by atoms with E-state index in [4.69, 9.17) is 4.74 Å². The zero-order valence-corrected chi connectivity index (χ0v) is 21.6. The third-order valence-corrected chi connectivity index (χ3v) is 9.02. The number of carbonyl (C=O) groups excluding carboxylic acids is 2. The highest BCUT2D eigenvalue weighted by atomic mass is 32.2. The van der Waals surface area contributed by atoms with Gasteiger partial charge < -0.3 is 20.3 Å². The molecule has 3 N–H and O–H groups in total. The van der Waals surface area contributed by atoms with Crippen molar-refractivity contribution < 1.29 is 14.3 Å². The van der Waals surface area contributed by atoms with Gasteiger partial charge in [0.15, 0.2) is 0 Å². The first kappa shape index (κ1) is 25.7. The monoisotopic (exact) mass is 506 g/mol. The molecule has 0 radical (unpaired) electrons. The van der Waals surface area contributed by atoms with E-state index in [0.29, 0.717) is 12.3 Å². The number of nitrogens with zero attached hydrogens (tertiary/aromatic N) is 1. The van der Waals surface area contributed by atoms with E-state index in [9.17, 15) is 9.59 Å². The predicted molar refractivity (Wildman–Crippen MR) is 141 cm³/mol. The molecule has 188 valence electrons. The Labute approximate surface area is 211 Å². The quantitative estimate of drug-likeness (QED) is 0.450. The second kappa shape index (κ2) is 13.6. The lowest BCUT2D eigenvalue weighted by molar-refractivity contribution is -0.129. The number of hydrogen-bond donors (Lipinski definition) is 3. The molecular formula is C25H38N4O3S2. The summed E-state index contributed by atoms with van der Waals surface area (Å²) in [6.45, 7) is 3.80. The number of hydrogen-bond acceptors (Lipinski definition) is 7. The molecule has 2 heterocycles. The van der Waals surface area contributed by atoms with Gasteiger partial charge in [0.05, 0.1) is 19.3 Å². The number of nitrogens with one attached hydrogen (secondary N) is 3. The van der Waals surface area contributed by atoms with Gasteiger partial charge in [0.25, 0.3) is 0 Å². The Morgan fingerprint density at radius 3 is 2.62 bits per heavy atom. The number of rotatable bonds is 10. The number of ether oxygens (including phenoxy) is 1. The maximum absolute atomic E-state index is 13.1. The Morgan fingerprint density at radius 1 is 1.15 bits per heavy atom. The van der Waals surface area contributed by atoms with Crippen molar-refractivity contribution in [3.8, 4) is 0 Å². The number of carbonyl (C=O) groups is 2. The van der Waals surface area contributed by atoms with Crippen molar-refractivity contribution in [3.63, 3.8) is 0 Å². The molecule has 34 heavy (non-hydrogen) atoms. The van der Waals surface area contributed by atoms with E-state index in [2.05, 4.69) is 45.1 Å². The van der Waals surface area contributed by atoms with Crippen LogP contribution in [0.1, 0.15) is 37.7 Å². The molecule has 3 aliphatic rings. The lowest BCUT2D eigenvalue weighted by atomic mass is 9.91. The first-order valence-electron chi connectivity index (χ1n) is 12.6. The fraction of sp³-hybridized carbons (Fsp3) is 0.680. The molecule has 4 rings (SSSR count). The third-order valence-electron chi connectivity index (χ3n) is 6.81. The van der Waals surface area contributed by atoms with Gasteiger partial charge in [-0.2, -0.15) is 11.8 Å². The van der Waals surface area contributed by atoms with Crippen molar-refractivity contribution in [2.24, 2.45) is 5.92 Å². The molecule has 2 atom stereocenters. The van der Waals surface area contributed by atoms with Gasteiger partial charge in [-0.25, -0.2) is 0 Å². The van der Waals surface area contributed by atoms with Gasteiger partial charge in [-0.1, -0.05) is 31.4 Å². The molecule has 0 spiro atoms. The summed E-state index contributed by atoms with van der Waals surface area (Å²) >= 11 is 3.52. The Morgan fingerprint density at radius 2 is 1.91 bits per heavy atom. The molecule has 3 fully saturated rings. The van der Waals surface area contributed by atoms with Gasteiger partial charge in [-0.15, -0.1) is 11.8 Å². The highest BCUT2D eigenvalue weighted by molar-refractivity contribution is 7.99. The van der Waals surface area contributed by atoms with E-state index in [1.165, 1.54) is 37.8 Å². The minimum absolute atomic E-state index is 0.0710. The third kappa shape index (κ3) is 7.80. The molecular weight excluding hydrogens is 468 g/mol. The summed E-state index contributed by atoms with van der Waals surface area (Å²) in [6.07, 6.45) is 6.57. The Hall–Kier alpha value is -1.42. The van der Waals surface area contributed by atoms with Crippen LogP contribution in [-0.2, 0) is 20.9 Å². The zero-order valence-electron chi connectivity index (χ0n) is 19.9. The highest BCUT2D eigenvalue weighted by Gasteiger charge is 2.28. The first-order chi connectivity index (χ1) is 16.7. The number of benzene rings is 1. The summed E-state index contributed by atoms with van der Waals surface area (Å²) in [7, 11) is 0. The molecule has 0 unspecified atom stereocenters. The predicted octanol–water partition coefficient (Wildman–Crippen LogP) is 2.60. The van der Waals surface area contributed by atoms with Crippen LogP contribution in [0.2, 0.25) is 0 Å². The molecule has 1 aromatic rings. The SMILES string of the molecule is O=C(N[C@@H](CSCC1CCCCC1)C(=O)NCc1ccc(N2CCOCC2)cc1)[C@@H]1CSCN1. The average Bonchev–Trinajstić information content (AvgIpc) is 3.43. The largest absolute Gasteiger partial charge is 0.378 e. The number of anilines is 1. The number of amides is 2. The second-order valence-corrected chi connectivity index (χ2v) is 11.5. The standard InChI is InChI=1S/C25H38N4O3S2/c30-24(26-14-19-6-8-21(9-7-19)29-10-12-32-13-11-29)23(28-25(31)22-16-34-18-27-22)17-33-15-20-4-2-1-3-5-20/h6-9,20,22-23,27H,1-5,10-18H2,(H,26,30)(H,28,31)/t22-,23-/m0/s1. The highest BCUT2D eigenvalue weighted by Crippen LogP contribution is 2.27. The number of thioether (sulfide) groups is 2. The van der Waals surface area contributed by atoms with Crippen LogP contribution in [0.3, 0.4) is 0 Å². The molecule has 1 saturated carbocycles. The van der Waals surface area contributed by atoms with Gasteiger partial charge in [0.2, 0.25) is 11.8 Å². The van der Waals surface area contributed by atoms with E-state index < -0.39 is 6.04 Å². The summed E-state index contributed by atoms with van der Waals surface area (Å²) in [4.78, 5) is 28.1. The van der Waals surface area contributed by atoms with E-state index >= 15 is 0 Å². The lowest BCUT2D eigenvalue weighted by Crippen LogP contribution is -2.53. The molecule has 2 saturated heterocycles. The fourth-order valence-electron chi connectivity index (χ4n) is 4.68. The molecule has 1 aliphatic carbocycles. The van der Waals surface area contributed by atoms with Crippen LogP contribution in [0.25, 0.3) is 0 Å². The zero-order chi connectivity index (χ0) is 23.6. The van der Waals surface area contributed by atoms with Crippen LogP contribution in [-0.4, -0.2) is 73.3 Å². The van der Waals surface area contributed by atoms with Crippen LogP contribution in [0, 0.1) is 5.92 Å². The van der Waals surface area contributed by atoms with Crippen molar-refractivity contribution >= 4 is 41.0 Å². The Bertz CT molecular complexity index is 777. The van der Waals surface area contributed by atoms with Gasteiger partial charge in [0.1, 0.15) is 6.04 Å². The molecule has 2 amide bonds. The van der Waals surface area contributed by atoms with Crippen LogP contribution in [0.5, 0.6) is 0 Å². The summed E-state index contributed by atoms with van der Waals surface area (Å²) in [5.74, 6) is 3.79. The van der Waals surface area contributed by atoms with Gasteiger partial charge in [-0.3, -0.25) is 14.9 Å². The van der Waals surface area contributed by atoms with Crippen molar-refractivity contribution in [3.05, 3.63) is 29.8 Å². The summed E-state index contributed by atoms with van der Waals surface area (Å²) in [5.41, 5.74) is 2.24. The number of morpholine rings is 1. The Kier molecular flexibility index (Phi) is 10.3. The maximum Gasteiger partial charge on any atom is 0.243 e.